The highest BCUT2D eigenvalue weighted by Gasteiger charge is 2.19. The van der Waals surface area contributed by atoms with Gasteiger partial charge >= 0.3 is 23.0 Å². The van der Waals surface area contributed by atoms with E-state index in [1.165, 1.54) is 59.7 Å². The van der Waals surface area contributed by atoms with Gasteiger partial charge in [0.15, 0.2) is 33.9 Å². The van der Waals surface area contributed by atoms with Crippen LogP contribution in [0.2, 0.25) is 0 Å². The minimum Gasteiger partial charge on any atom is -0.496 e. The second-order valence-corrected chi connectivity index (χ2v) is 18.8. The highest BCUT2D eigenvalue weighted by Crippen LogP contribution is 2.30. The standard InChI is InChI=1S/C20H15ClN4O3.C20H17N5O3.C20H16N4O4/c2*1-28-16-8-7-13(9-14(16)17(21)26)15-10-22-18-19(23-15)25(20(27)24-18)11-12-5-3-2-4-6-12;1-28-16-8-7-13(9-14(16)19(25)26)15-10-21-17-18(22-15)24(20(27)23-17)11-12-5-3-2-4-6-12/h2-10H,11H2,1H3,(H,22,24,27);2-10H,11H2,1H3,(H2,21,26)(H,22,24,27);2-10H,11H2,1H3,(H,25,26)(H,21,23,27). The molecule has 0 saturated carbocycles. The number of nitrogens with one attached hydrogen (secondary N) is 3. The topological polar surface area (TPSA) is 316 Å². The van der Waals surface area contributed by atoms with Crippen molar-refractivity contribution in [2.45, 2.75) is 19.6 Å². The van der Waals surface area contributed by atoms with Crippen LogP contribution >= 0.6 is 11.6 Å². The number of rotatable bonds is 15. The first-order valence-electron chi connectivity index (χ1n) is 25.5. The summed E-state index contributed by atoms with van der Waals surface area (Å²) < 4.78 is 20.0. The summed E-state index contributed by atoms with van der Waals surface area (Å²) in [6, 6.07) is 43.5. The predicted molar refractivity (Wildman–Crippen MR) is 313 cm³/mol. The first kappa shape index (κ1) is 56.0. The van der Waals surface area contributed by atoms with Gasteiger partial charge in [-0.1, -0.05) is 91.0 Å². The molecule has 24 heteroatoms. The molecule has 6 N–H and O–H groups in total. The number of H-pyrrole nitrogens is 3. The molecule has 0 saturated heterocycles. The molecule has 0 bridgehead atoms. The molecule has 1 amide bonds. The van der Waals surface area contributed by atoms with E-state index in [0.29, 0.717) is 98.8 Å². The molecule has 0 spiro atoms. The molecule has 23 nitrogen and oxygen atoms in total. The van der Waals surface area contributed by atoms with E-state index in [1.807, 2.05) is 91.0 Å². The SMILES string of the molecule is COc1ccc(-c2cnc3[nH]c(=O)n(Cc4ccccc4)c3n2)cc1C(=O)Cl.COc1ccc(-c2cnc3[nH]c(=O)n(Cc4ccccc4)c3n2)cc1C(=O)O.COc1ccc(-c2cnc3[nH]c(=O)n(Cc4ccccc4)c3n2)cc1C(N)=O. The van der Waals surface area contributed by atoms with Crippen LogP contribution in [0.15, 0.2) is 179 Å². The molecule has 0 aliphatic carbocycles. The number of benzene rings is 6. The third-order valence-corrected chi connectivity index (χ3v) is 13.4. The third kappa shape index (κ3) is 12.1. The van der Waals surface area contributed by atoms with E-state index in [9.17, 15) is 33.9 Å². The van der Waals surface area contributed by atoms with E-state index in [0.717, 1.165) is 16.7 Å². The Labute approximate surface area is 479 Å². The van der Waals surface area contributed by atoms with Crippen LogP contribution in [-0.2, 0) is 19.6 Å². The minimum absolute atomic E-state index is 0.0256. The Morgan fingerprint density at radius 3 is 1.10 bits per heavy atom. The molecule has 0 aliphatic rings. The Morgan fingerprint density at radius 1 is 0.476 bits per heavy atom. The maximum atomic E-state index is 12.4. The van der Waals surface area contributed by atoms with Gasteiger partial charge in [-0.2, -0.15) is 0 Å². The highest BCUT2D eigenvalue weighted by molar-refractivity contribution is 6.68. The fraction of sp³-hybridized carbons (Fsp3) is 0.100. The van der Waals surface area contributed by atoms with E-state index in [-0.39, 0.29) is 39.5 Å². The number of imidazole rings is 3. The number of fused-ring (bicyclic) bond motifs is 3. The highest BCUT2D eigenvalue weighted by atomic mass is 35.5. The molecule has 6 aromatic carbocycles. The molecule has 0 unspecified atom stereocenters. The van der Waals surface area contributed by atoms with E-state index in [4.69, 9.17) is 31.5 Å². The third-order valence-electron chi connectivity index (χ3n) is 13.2. The molecule has 0 fully saturated rings. The molecule has 6 heterocycles. The summed E-state index contributed by atoms with van der Waals surface area (Å²) in [4.78, 5) is 107. The van der Waals surface area contributed by atoms with Gasteiger partial charge in [0.1, 0.15) is 22.8 Å². The molecule has 6 aromatic heterocycles. The number of amides is 1. The average Bonchev–Trinajstić information content (AvgIpc) is 3.91. The maximum absolute atomic E-state index is 12.4. The van der Waals surface area contributed by atoms with E-state index < -0.39 is 17.1 Å². The monoisotopic (exact) mass is 1150 g/mol. The lowest BCUT2D eigenvalue weighted by Crippen LogP contribution is -2.17. The number of aromatic amines is 3. The maximum Gasteiger partial charge on any atom is 0.339 e. The van der Waals surface area contributed by atoms with Crippen LogP contribution in [0.4, 0.5) is 0 Å². The number of hydrogen-bond acceptors (Lipinski definition) is 15. The first-order valence-corrected chi connectivity index (χ1v) is 25.8. The minimum atomic E-state index is -1.10. The van der Waals surface area contributed by atoms with Gasteiger partial charge in [0.2, 0.25) is 0 Å². The number of nitrogens with two attached hydrogens (primary N) is 1. The van der Waals surface area contributed by atoms with Crippen molar-refractivity contribution in [3.8, 4) is 51.0 Å². The van der Waals surface area contributed by atoms with Crippen molar-refractivity contribution in [2.75, 3.05) is 21.3 Å². The number of methoxy groups -OCH3 is 3. The van der Waals surface area contributed by atoms with Gasteiger partial charge in [-0.3, -0.25) is 38.2 Å². The van der Waals surface area contributed by atoms with Crippen molar-refractivity contribution in [3.63, 3.8) is 0 Å². The Bertz CT molecular complexity index is 4150. The number of carboxylic acid groups (broad SMARTS) is 1. The fourth-order valence-corrected chi connectivity index (χ4v) is 9.18. The van der Waals surface area contributed by atoms with Crippen LogP contribution in [0.1, 0.15) is 47.8 Å². The zero-order valence-electron chi connectivity index (χ0n) is 44.8. The van der Waals surface area contributed by atoms with E-state index in [1.54, 1.807) is 48.5 Å². The summed E-state index contributed by atoms with van der Waals surface area (Å²) in [5.41, 5.74) is 13.7. The summed E-state index contributed by atoms with van der Waals surface area (Å²) in [7, 11) is 4.34. The number of primary amides is 1. The van der Waals surface area contributed by atoms with Crippen molar-refractivity contribution < 1.29 is 33.7 Å². The summed E-state index contributed by atoms with van der Waals surface area (Å²) in [5, 5.41) is 8.76. The van der Waals surface area contributed by atoms with Gasteiger partial charge in [0, 0.05) is 16.7 Å². The molecular weight excluding hydrogens is 1100 g/mol. The van der Waals surface area contributed by atoms with Crippen LogP contribution in [0.5, 0.6) is 17.2 Å². The number of ether oxygens (including phenoxy) is 3. The lowest BCUT2D eigenvalue weighted by molar-refractivity contribution is 0.0692. The van der Waals surface area contributed by atoms with Crippen LogP contribution < -0.4 is 37.0 Å². The smallest absolute Gasteiger partial charge is 0.339 e. The molecule has 0 aliphatic heterocycles. The second kappa shape index (κ2) is 24.6. The number of nitrogens with zero attached hydrogens (tertiary/aromatic N) is 9. The number of carboxylic acids is 1. The van der Waals surface area contributed by atoms with Crippen molar-refractivity contribution in [1.29, 1.82) is 0 Å². The number of halogens is 1. The first-order chi connectivity index (χ1) is 40.7. The fourth-order valence-electron chi connectivity index (χ4n) is 9.03. The van der Waals surface area contributed by atoms with Gasteiger partial charge in [-0.05, 0) is 82.9 Å². The van der Waals surface area contributed by atoms with Crippen LogP contribution in [0, 0.1) is 0 Å². The zero-order valence-corrected chi connectivity index (χ0v) is 45.6. The predicted octanol–water partition coefficient (Wildman–Crippen LogP) is 7.71. The molecule has 420 valence electrons. The largest absolute Gasteiger partial charge is 0.496 e. The summed E-state index contributed by atoms with van der Waals surface area (Å²) in [5.74, 6) is -0.688. The number of carbonyl (C=O) groups excluding carboxylic acids is 2. The number of carbonyl (C=O) groups is 3. The van der Waals surface area contributed by atoms with Gasteiger partial charge < -0.3 is 25.1 Å². The van der Waals surface area contributed by atoms with E-state index in [2.05, 4.69) is 44.9 Å². The van der Waals surface area contributed by atoms with Crippen LogP contribution in [0.3, 0.4) is 0 Å². The molecule has 12 aromatic rings. The molecule has 84 heavy (non-hydrogen) atoms. The molecular formula is C60H48ClN13O10. The number of aromatic carboxylic acids is 1. The van der Waals surface area contributed by atoms with Crippen molar-refractivity contribution in [3.05, 3.63) is 229 Å². The van der Waals surface area contributed by atoms with Crippen LogP contribution in [0.25, 0.3) is 67.7 Å². The lowest BCUT2D eigenvalue weighted by atomic mass is 10.1. The van der Waals surface area contributed by atoms with Gasteiger partial charge in [0.25, 0.3) is 11.1 Å². The quantitative estimate of drug-likeness (QED) is 0.0614. The Hall–Kier alpha value is -11.3. The summed E-state index contributed by atoms with van der Waals surface area (Å²) in [6.45, 7) is 1.08. The summed E-state index contributed by atoms with van der Waals surface area (Å²) >= 11 is 5.66. The number of aromatic nitrogens is 12. The van der Waals surface area contributed by atoms with Crippen LogP contribution in [-0.4, -0.2) is 102 Å². The van der Waals surface area contributed by atoms with E-state index >= 15 is 0 Å². The van der Waals surface area contributed by atoms with Crippen molar-refractivity contribution in [2.24, 2.45) is 5.73 Å². The Morgan fingerprint density at radius 2 is 0.786 bits per heavy atom. The molecule has 12 rings (SSSR count). The Kier molecular flexibility index (Phi) is 16.4. The van der Waals surface area contributed by atoms with Gasteiger partial charge in [0.05, 0.1) is 87.8 Å². The normalized spacial score (nSPS) is 10.9. The molecule has 0 atom stereocenters. The second-order valence-electron chi connectivity index (χ2n) is 18.5. The Balaban J connectivity index is 0.000000140. The summed E-state index contributed by atoms with van der Waals surface area (Å²) in [6.07, 6.45) is 4.58. The average molecular weight is 1150 g/mol. The zero-order chi connectivity index (χ0) is 59.0. The molecule has 0 radical (unpaired) electrons. The van der Waals surface area contributed by atoms with Gasteiger partial charge in [-0.15, -0.1) is 0 Å². The number of hydrogen-bond donors (Lipinski definition) is 5. The van der Waals surface area contributed by atoms with Crippen molar-refractivity contribution in [1.82, 2.24) is 58.6 Å². The van der Waals surface area contributed by atoms with Gasteiger partial charge in [-0.25, -0.2) is 49.1 Å². The van der Waals surface area contributed by atoms with Crippen molar-refractivity contribution >= 4 is 62.6 Å². The lowest BCUT2D eigenvalue weighted by Gasteiger charge is -2.08.